The summed E-state index contributed by atoms with van der Waals surface area (Å²) in [6, 6.07) is 0.606. The molecule has 0 atom stereocenters. The van der Waals surface area contributed by atoms with Crippen LogP contribution in [-0.4, -0.2) is 52.2 Å². The number of anilines is 1. The van der Waals surface area contributed by atoms with Gasteiger partial charge in [0.05, 0.1) is 6.61 Å². The van der Waals surface area contributed by atoms with Crippen molar-refractivity contribution < 1.29 is 5.11 Å². The van der Waals surface area contributed by atoms with Crippen LogP contribution in [-0.2, 0) is 6.61 Å². The number of aliphatic hydroxyl groups is 1. The van der Waals surface area contributed by atoms with Gasteiger partial charge in [0.15, 0.2) is 0 Å². The van der Waals surface area contributed by atoms with Gasteiger partial charge in [-0.1, -0.05) is 0 Å². The van der Waals surface area contributed by atoms with Crippen LogP contribution in [0.4, 0.5) is 5.95 Å². The second-order valence-corrected chi connectivity index (χ2v) is 4.67. The summed E-state index contributed by atoms with van der Waals surface area (Å²) in [5, 5.41) is 8.93. The molecule has 17 heavy (non-hydrogen) atoms. The maximum atomic E-state index is 8.93. The van der Waals surface area contributed by atoms with E-state index < -0.39 is 0 Å². The molecule has 1 aromatic heterocycles. The van der Waals surface area contributed by atoms with Gasteiger partial charge < -0.3 is 10.0 Å². The molecule has 0 spiro atoms. The summed E-state index contributed by atoms with van der Waals surface area (Å²) in [4.78, 5) is 13.2. The molecule has 5 nitrogen and oxygen atoms in total. The predicted octanol–water partition coefficient (Wildman–Crippen LogP) is 0.499. The lowest BCUT2D eigenvalue weighted by Crippen LogP contribution is -2.49. The van der Waals surface area contributed by atoms with Gasteiger partial charge in [0.25, 0.3) is 0 Å². The van der Waals surface area contributed by atoms with Gasteiger partial charge in [0.1, 0.15) is 0 Å². The molecule has 1 fully saturated rings. The maximum Gasteiger partial charge on any atom is 0.225 e. The molecule has 0 unspecified atom stereocenters. The highest BCUT2D eigenvalue weighted by Gasteiger charge is 2.20. The van der Waals surface area contributed by atoms with Gasteiger partial charge >= 0.3 is 0 Å². The van der Waals surface area contributed by atoms with E-state index in [9.17, 15) is 0 Å². The quantitative estimate of drug-likeness (QED) is 0.828. The first-order valence-electron chi connectivity index (χ1n) is 6.11. The summed E-state index contributed by atoms with van der Waals surface area (Å²) in [5.41, 5.74) is 0.759. The fourth-order valence-electron chi connectivity index (χ4n) is 2.03. The number of rotatable bonds is 3. The fraction of sp³-hybridized carbons (Fsp3) is 0.667. The van der Waals surface area contributed by atoms with Crippen molar-refractivity contribution in [2.24, 2.45) is 0 Å². The Kier molecular flexibility index (Phi) is 3.91. The van der Waals surface area contributed by atoms with Crippen molar-refractivity contribution in [2.45, 2.75) is 26.5 Å². The standard InChI is InChI=1S/C12H20N4O/c1-10(2)15-3-5-16(6-4-15)12-13-7-11(9-17)8-14-12/h7-8,10,17H,3-6,9H2,1-2H3. The second kappa shape index (κ2) is 5.42. The zero-order valence-corrected chi connectivity index (χ0v) is 10.5. The van der Waals surface area contributed by atoms with E-state index >= 15 is 0 Å². The lowest BCUT2D eigenvalue weighted by Gasteiger charge is -2.36. The highest BCUT2D eigenvalue weighted by molar-refractivity contribution is 5.30. The van der Waals surface area contributed by atoms with Crippen LogP contribution in [0, 0.1) is 0 Å². The van der Waals surface area contributed by atoms with E-state index in [4.69, 9.17) is 5.11 Å². The number of aromatic nitrogens is 2. The predicted molar refractivity (Wildman–Crippen MR) is 66.9 cm³/mol. The van der Waals surface area contributed by atoms with Crippen LogP contribution >= 0.6 is 0 Å². The molecule has 0 saturated carbocycles. The largest absolute Gasteiger partial charge is 0.392 e. The summed E-state index contributed by atoms with van der Waals surface area (Å²) < 4.78 is 0. The molecular formula is C12H20N4O. The van der Waals surface area contributed by atoms with Gasteiger partial charge in [0.2, 0.25) is 5.95 Å². The van der Waals surface area contributed by atoms with Crippen LogP contribution in [0.25, 0.3) is 0 Å². The molecule has 0 radical (unpaired) electrons. The first-order chi connectivity index (χ1) is 8.20. The van der Waals surface area contributed by atoms with Gasteiger partial charge in [-0.05, 0) is 13.8 Å². The molecule has 0 aliphatic carbocycles. The van der Waals surface area contributed by atoms with E-state index in [1.807, 2.05) is 0 Å². The van der Waals surface area contributed by atoms with Crippen LogP contribution < -0.4 is 4.90 Å². The first kappa shape index (κ1) is 12.3. The molecule has 2 rings (SSSR count). The van der Waals surface area contributed by atoms with Crippen molar-refractivity contribution in [2.75, 3.05) is 31.1 Å². The van der Waals surface area contributed by atoms with Gasteiger partial charge in [0, 0.05) is 50.2 Å². The fourth-order valence-corrected chi connectivity index (χ4v) is 2.03. The summed E-state index contributed by atoms with van der Waals surface area (Å²) in [6.07, 6.45) is 3.38. The van der Waals surface area contributed by atoms with Crippen LogP contribution in [0.3, 0.4) is 0 Å². The van der Waals surface area contributed by atoms with Crippen molar-refractivity contribution in [3.63, 3.8) is 0 Å². The Morgan fingerprint density at radius 2 is 1.76 bits per heavy atom. The highest BCUT2D eigenvalue weighted by atomic mass is 16.3. The molecule has 2 heterocycles. The number of nitrogens with zero attached hydrogens (tertiary/aromatic N) is 4. The van der Waals surface area contributed by atoms with Crippen molar-refractivity contribution in [3.05, 3.63) is 18.0 Å². The minimum absolute atomic E-state index is 0.00140. The third-order valence-electron chi connectivity index (χ3n) is 3.20. The average molecular weight is 236 g/mol. The van der Waals surface area contributed by atoms with E-state index in [1.165, 1.54) is 0 Å². The van der Waals surface area contributed by atoms with Crippen molar-refractivity contribution in [3.8, 4) is 0 Å². The van der Waals surface area contributed by atoms with E-state index in [0.717, 1.165) is 37.7 Å². The SMILES string of the molecule is CC(C)N1CCN(c2ncc(CO)cn2)CC1. The molecule has 94 valence electrons. The Labute approximate surface area is 102 Å². The Balaban J connectivity index is 1.95. The first-order valence-corrected chi connectivity index (χ1v) is 6.11. The van der Waals surface area contributed by atoms with E-state index in [2.05, 4.69) is 33.6 Å². The minimum atomic E-state index is 0.00140. The smallest absolute Gasteiger partial charge is 0.225 e. The van der Waals surface area contributed by atoms with Gasteiger partial charge in [-0.25, -0.2) is 9.97 Å². The van der Waals surface area contributed by atoms with Gasteiger partial charge in [-0.2, -0.15) is 0 Å². The van der Waals surface area contributed by atoms with Crippen LogP contribution in [0.2, 0.25) is 0 Å². The second-order valence-electron chi connectivity index (χ2n) is 4.67. The zero-order valence-electron chi connectivity index (χ0n) is 10.5. The van der Waals surface area contributed by atoms with Crippen LogP contribution in [0.5, 0.6) is 0 Å². The van der Waals surface area contributed by atoms with Gasteiger partial charge in [-0.3, -0.25) is 4.90 Å². The normalized spacial score (nSPS) is 17.8. The zero-order chi connectivity index (χ0) is 12.3. The Morgan fingerprint density at radius 3 is 2.24 bits per heavy atom. The number of hydrogen-bond donors (Lipinski definition) is 1. The number of piperazine rings is 1. The molecule has 0 aromatic carbocycles. The van der Waals surface area contributed by atoms with Crippen molar-refractivity contribution in [1.29, 1.82) is 0 Å². The Bertz CT molecular complexity index is 344. The van der Waals surface area contributed by atoms with Crippen LogP contribution in [0.15, 0.2) is 12.4 Å². The summed E-state index contributed by atoms with van der Waals surface area (Å²) in [6.45, 7) is 8.50. The van der Waals surface area contributed by atoms with E-state index in [-0.39, 0.29) is 6.61 Å². The summed E-state index contributed by atoms with van der Waals surface area (Å²) in [5.74, 6) is 0.769. The lowest BCUT2D eigenvalue weighted by atomic mass is 10.2. The molecule has 1 N–H and O–H groups in total. The molecule has 0 bridgehead atoms. The van der Waals surface area contributed by atoms with Crippen molar-refractivity contribution in [1.82, 2.24) is 14.9 Å². The van der Waals surface area contributed by atoms with E-state index in [0.29, 0.717) is 6.04 Å². The monoisotopic (exact) mass is 236 g/mol. The maximum absolute atomic E-state index is 8.93. The topological polar surface area (TPSA) is 52.5 Å². The third kappa shape index (κ3) is 2.92. The summed E-state index contributed by atoms with van der Waals surface area (Å²) in [7, 11) is 0. The number of aliphatic hydroxyl groups excluding tert-OH is 1. The Morgan fingerprint density at radius 1 is 1.18 bits per heavy atom. The lowest BCUT2D eigenvalue weighted by molar-refractivity contribution is 0.208. The average Bonchev–Trinajstić information content (AvgIpc) is 2.39. The highest BCUT2D eigenvalue weighted by Crippen LogP contribution is 2.12. The number of hydrogen-bond acceptors (Lipinski definition) is 5. The molecule has 1 aromatic rings. The van der Waals surface area contributed by atoms with Crippen LogP contribution in [0.1, 0.15) is 19.4 Å². The molecule has 1 saturated heterocycles. The van der Waals surface area contributed by atoms with Gasteiger partial charge in [-0.15, -0.1) is 0 Å². The minimum Gasteiger partial charge on any atom is -0.392 e. The Hall–Kier alpha value is -1.20. The molecular weight excluding hydrogens is 216 g/mol. The molecule has 1 aliphatic rings. The summed E-state index contributed by atoms with van der Waals surface area (Å²) >= 11 is 0. The molecule has 5 heteroatoms. The molecule has 1 aliphatic heterocycles. The van der Waals surface area contributed by atoms with Crippen molar-refractivity contribution >= 4 is 5.95 Å². The molecule has 0 amide bonds. The third-order valence-corrected chi connectivity index (χ3v) is 3.20. The van der Waals surface area contributed by atoms with E-state index in [1.54, 1.807) is 12.4 Å².